The molecular weight excluding hydrogens is 200 g/mol. The number of aryl methyl sites for hydroxylation is 2. The zero-order valence-electron chi connectivity index (χ0n) is 10.2. The summed E-state index contributed by atoms with van der Waals surface area (Å²) in [5.41, 5.74) is 5.98. The van der Waals surface area contributed by atoms with Crippen LogP contribution in [0.2, 0.25) is 0 Å². The van der Waals surface area contributed by atoms with E-state index >= 15 is 0 Å². The van der Waals surface area contributed by atoms with Crippen molar-refractivity contribution >= 4 is 0 Å². The summed E-state index contributed by atoms with van der Waals surface area (Å²) in [6.45, 7) is 3.14. The molecule has 0 spiro atoms. The van der Waals surface area contributed by atoms with Gasteiger partial charge in [0.15, 0.2) is 0 Å². The van der Waals surface area contributed by atoms with Crippen molar-refractivity contribution in [1.29, 1.82) is 0 Å². The minimum absolute atomic E-state index is 0.290. The quantitative estimate of drug-likeness (QED) is 0.771. The molecule has 1 unspecified atom stereocenters. The third-order valence-electron chi connectivity index (χ3n) is 3.31. The molecule has 0 aromatic carbocycles. The van der Waals surface area contributed by atoms with Crippen LogP contribution >= 0.6 is 0 Å². The Morgan fingerprint density at radius 1 is 1.31 bits per heavy atom. The summed E-state index contributed by atoms with van der Waals surface area (Å²) in [6.07, 6.45) is 8.21. The third-order valence-corrected chi connectivity index (χ3v) is 3.31. The monoisotopic (exact) mass is 222 g/mol. The molecule has 2 heterocycles. The number of rotatable bonds is 5. The van der Waals surface area contributed by atoms with Gasteiger partial charge in [0, 0.05) is 25.4 Å². The minimum atomic E-state index is 0.290. The average molecular weight is 222 g/mol. The van der Waals surface area contributed by atoms with E-state index in [0.717, 1.165) is 37.5 Å². The summed E-state index contributed by atoms with van der Waals surface area (Å²) in [4.78, 5) is 0. The second-order valence-corrected chi connectivity index (χ2v) is 4.75. The first-order chi connectivity index (χ1) is 7.81. The van der Waals surface area contributed by atoms with E-state index in [1.807, 2.05) is 0 Å². The van der Waals surface area contributed by atoms with Crippen LogP contribution in [0.25, 0.3) is 0 Å². The number of unbranched alkanes of at least 4 members (excludes halogenated alkanes) is 3. The second-order valence-electron chi connectivity index (χ2n) is 4.75. The Labute approximate surface area is 97.2 Å². The Balaban J connectivity index is 1.92. The second kappa shape index (κ2) is 5.43. The largest absolute Gasteiger partial charge is 0.326 e. The van der Waals surface area contributed by atoms with Crippen LogP contribution in [0, 0.1) is 0 Å². The molecular formula is C12H22N4. The topological polar surface area (TPSA) is 56.7 Å². The highest BCUT2D eigenvalue weighted by Crippen LogP contribution is 2.15. The molecule has 4 heteroatoms. The van der Waals surface area contributed by atoms with Gasteiger partial charge in [-0.2, -0.15) is 0 Å². The van der Waals surface area contributed by atoms with Crippen molar-refractivity contribution in [3.8, 4) is 0 Å². The molecule has 0 saturated heterocycles. The first kappa shape index (κ1) is 11.6. The Morgan fingerprint density at radius 2 is 2.19 bits per heavy atom. The summed E-state index contributed by atoms with van der Waals surface area (Å²) in [5, 5.41) is 8.53. The molecule has 1 aliphatic rings. The predicted molar refractivity (Wildman–Crippen MR) is 64.2 cm³/mol. The molecule has 1 aromatic rings. The summed E-state index contributed by atoms with van der Waals surface area (Å²) in [5.74, 6) is 2.27. The molecule has 2 rings (SSSR count). The Hall–Kier alpha value is -0.900. The van der Waals surface area contributed by atoms with Gasteiger partial charge in [-0.1, -0.05) is 26.2 Å². The van der Waals surface area contributed by atoms with Crippen LogP contribution in [0.1, 0.15) is 50.7 Å². The maximum atomic E-state index is 5.98. The maximum Gasteiger partial charge on any atom is 0.133 e. The number of nitrogens with two attached hydrogens (primary N) is 1. The van der Waals surface area contributed by atoms with Gasteiger partial charge < -0.3 is 10.3 Å². The highest BCUT2D eigenvalue weighted by molar-refractivity contribution is 5.01. The van der Waals surface area contributed by atoms with E-state index in [0.29, 0.717) is 0 Å². The van der Waals surface area contributed by atoms with Gasteiger partial charge in [0.25, 0.3) is 0 Å². The van der Waals surface area contributed by atoms with Crippen molar-refractivity contribution in [1.82, 2.24) is 14.8 Å². The van der Waals surface area contributed by atoms with Gasteiger partial charge in [-0.15, -0.1) is 10.2 Å². The summed E-state index contributed by atoms with van der Waals surface area (Å²) < 4.78 is 2.24. The maximum absolute atomic E-state index is 5.98. The minimum Gasteiger partial charge on any atom is -0.326 e. The fraction of sp³-hybridized carbons (Fsp3) is 0.833. The zero-order chi connectivity index (χ0) is 11.4. The molecule has 1 atom stereocenters. The van der Waals surface area contributed by atoms with E-state index in [2.05, 4.69) is 21.7 Å². The number of nitrogens with zero attached hydrogens (tertiary/aromatic N) is 3. The SMILES string of the molecule is CCCCCCc1nnc2n1CC(N)CC2. The summed E-state index contributed by atoms with van der Waals surface area (Å²) in [6, 6.07) is 0.290. The molecule has 0 radical (unpaired) electrons. The van der Waals surface area contributed by atoms with Crippen LogP contribution in [-0.4, -0.2) is 20.8 Å². The lowest BCUT2D eigenvalue weighted by Crippen LogP contribution is -2.32. The first-order valence-corrected chi connectivity index (χ1v) is 6.47. The van der Waals surface area contributed by atoms with E-state index in [9.17, 15) is 0 Å². The van der Waals surface area contributed by atoms with Crippen LogP contribution < -0.4 is 5.73 Å². The molecule has 0 aliphatic carbocycles. The van der Waals surface area contributed by atoms with Crippen molar-refractivity contribution in [2.75, 3.05) is 0 Å². The van der Waals surface area contributed by atoms with E-state index in [4.69, 9.17) is 5.73 Å². The number of hydrogen-bond acceptors (Lipinski definition) is 3. The lowest BCUT2D eigenvalue weighted by molar-refractivity contribution is 0.441. The summed E-state index contributed by atoms with van der Waals surface area (Å²) in [7, 11) is 0. The molecule has 4 nitrogen and oxygen atoms in total. The van der Waals surface area contributed by atoms with Crippen molar-refractivity contribution in [3.05, 3.63) is 11.6 Å². The van der Waals surface area contributed by atoms with Gasteiger partial charge >= 0.3 is 0 Å². The molecule has 0 saturated carbocycles. The fourth-order valence-electron chi connectivity index (χ4n) is 2.30. The van der Waals surface area contributed by atoms with Crippen molar-refractivity contribution in [2.45, 2.75) is 64.5 Å². The molecule has 0 bridgehead atoms. The molecule has 16 heavy (non-hydrogen) atoms. The van der Waals surface area contributed by atoms with Gasteiger partial charge in [0.2, 0.25) is 0 Å². The molecule has 1 aromatic heterocycles. The Bertz CT molecular complexity index is 332. The van der Waals surface area contributed by atoms with E-state index in [-0.39, 0.29) is 6.04 Å². The molecule has 1 aliphatic heterocycles. The lowest BCUT2D eigenvalue weighted by atomic mass is 10.1. The van der Waals surface area contributed by atoms with Crippen LogP contribution in [0.5, 0.6) is 0 Å². The Kier molecular flexibility index (Phi) is 3.93. The first-order valence-electron chi connectivity index (χ1n) is 6.47. The Morgan fingerprint density at radius 3 is 3.00 bits per heavy atom. The van der Waals surface area contributed by atoms with Crippen LogP contribution in [0.4, 0.5) is 0 Å². The fourth-order valence-corrected chi connectivity index (χ4v) is 2.30. The van der Waals surface area contributed by atoms with Crippen LogP contribution in [0.15, 0.2) is 0 Å². The zero-order valence-corrected chi connectivity index (χ0v) is 10.2. The molecule has 90 valence electrons. The standard InChI is InChI=1S/C12H22N4/c1-2-3-4-5-6-11-14-15-12-8-7-10(13)9-16(11)12/h10H,2-9,13H2,1H3. The number of hydrogen-bond donors (Lipinski definition) is 1. The normalized spacial score (nSPS) is 19.8. The van der Waals surface area contributed by atoms with E-state index < -0.39 is 0 Å². The smallest absolute Gasteiger partial charge is 0.133 e. The van der Waals surface area contributed by atoms with Crippen molar-refractivity contribution in [2.24, 2.45) is 5.73 Å². The van der Waals surface area contributed by atoms with Gasteiger partial charge in [-0.25, -0.2) is 0 Å². The summed E-state index contributed by atoms with van der Waals surface area (Å²) >= 11 is 0. The van der Waals surface area contributed by atoms with Crippen LogP contribution in [-0.2, 0) is 19.4 Å². The number of aromatic nitrogens is 3. The van der Waals surface area contributed by atoms with Crippen molar-refractivity contribution < 1.29 is 0 Å². The van der Waals surface area contributed by atoms with Gasteiger partial charge in [0.05, 0.1) is 0 Å². The molecule has 2 N–H and O–H groups in total. The molecule has 0 amide bonds. The molecule has 0 fully saturated rings. The highest BCUT2D eigenvalue weighted by atomic mass is 15.3. The lowest BCUT2D eigenvalue weighted by Gasteiger charge is -2.20. The van der Waals surface area contributed by atoms with Crippen molar-refractivity contribution in [3.63, 3.8) is 0 Å². The predicted octanol–water partition coefficient (Wildman–Crippen LogP) is 1.67. The van der Waals surface area contributed by atoms with E-state index in [1.54, 1.807) is 0 Å². The third kappa shape index (κ3) is 2.61. The van der Waals surface area contributed by atoms with Gasteiger partial charge in [-0.3, -0.25) is 0 Å². The highest BCUT2D eigenvalue weighted by Gasteiger charge is 2.19. The van der Waals surface area contributed by atoms with Crippen LogP contribution in [0.3, 0.4) is 0 Å². The van der Waals surface area contributed by atoms with Gasteiger partial charge in [0.1, 0.15) is 11.6 Å². The number of fused-ring (bicyclic) bond motifs is 1. The average Bonchev–Trinajstić information content (AvgIpc) is 2.67. The van der Waals surface area contributed by atoms with E-state index in [1.165, 1.54) is 25.7 Å². The van der Waals surface area contributed by atoms with Gasteiger partial charge in [-0.05, 0) is 12.8 Å².